The van der Waals surface area contributed by atoms with E-state index in [1.165, 1.54) is 31.2 Å². The second kappa shape index (κ2) is 15.5. The second-order valence-corrected chi connectivity index (χ2v) is 16.8. The van der Waals surface area contributed by atoms with Crippen LogP contribution in [0, 0.1) is 18.3 Å². The molecule has 1 heterocycles. The standard InChI is InChI=1S/C31H24N8O13S4/c1-17-24(16-32)30(33-18-2-8-22(9-3-18)53(41,42)43)35-31(34-19-4-10-23(11-5-19)54(44,45)46)29(17)39-38-25-12-6-20(14-27(25)55(47,48)49)36-37-26-13-7-21(40)15-28(26)56(50,51)52/h2-15,40H,1H3,(H2,33,34,35)(H,41,42,43)(H,44,45,46)(H,47,48,49)(H,50,51,52)/b37-36+,39-38+. The summed E-state index contributed by atoms with van der Waals surface area (Å²) in [6, 6.07) is 17.1. The molecule has 4 aromatic carbocycles. The lowest BCUT2D eigenvalue weighted by Crippen LogP contribution is -2.05. The van der Waals surface area contributed by atoms with Crippen molar-refractivity contribution < 1.29 is 57.0 Å². The van der Waals surface area contributed by atoms with Crippen molar-refractivity contribution in [3.8, 4) is 11.8 Å². The Hall–Kier alpha value is -6.24. The maximum absolute atomic E-state index is 12.4. The summed E-state index contributed by atoms with van der Waals surface area (Å²) in [5.41, 5.74) is -0.996. The number of anilines is 4. The second-order valence-electron chi connectivity index (χ2n) is 11.2. The van der Waals surface area contributed by atoms with Crippen molar-refractivity contribution in [3.63, 3.8) is 0 Å². The summed E-state index contributed by atoms with van der Waals surface area (Å²) in [7, 11) is -19.0. The summed E-state index contributed by atoms with van der Waals surface area (Å²) in [6.45, 7) is 1.42. The van der Waals surface area contributed by atoms with Crippen LogP contribution in [0.15, 0.2) is 125 Å². The van der Waals surface area contributed by atoms with Gasteiger partial charge in [-0.1, -0.05) is 0 Å². The van der Waals surface area contributed by atoms with Gasteiger partial charge in [0, 0.05) is 23.0 Å². The molecule has 56 heavy (non-hydrogen) atoms. The van der Waals surface area contributed by atoms with Gasteiger partial charge >= 0.3 is 0 Å². The van der Waals surface area contributed by atoms with E-state index in [0.29, 0.717) is 6.07 Å². The molecule has 21 nitrogen and oxygen atoms in total. The number of pyridine rings is 1. The highest BCUT2D eigenvalue weighted by atomic mass is 32.2. The van der Waals surface area contributed by atoms with E-state index in [9.17, 15) is 62.3 Å². The minimum absolute atomic E-state index is 0.0859. The molecule has 7 N–H and O–H groups in total. The molecule has 1 aromatic heterocycles. The minimum atomic E-state index is -5.07. The zero-order valence-electron chi connectivity index (χ0n) is 27.9. The summed E-state index contributed by atoms with van der Waals surface area (Å²) >= 11 is 0. The Morgan fingerprint density at radius 3 is 1.54 bits per heavy atom. The molecule has 0 aliphatic heterocycles. The lowest BCUT2D eigenvalue weighted by molar-refractivity contribution is 0.466. The third kappa shape index (κ3) is 9.70. The van der Waals surface area contributed by atoms with Crippen LogP contribution in [-0.2, 0) is 40.5 Å². The number of benzene rings is 4. The third-order valence-electron chi connectivity index (χ3n) is 7.33. The molecule has 0 radical (unpaired) electrons. The van der Waals surface area contributed by atoms with E-state index < -0.39 is 77.2 Å². The van der Waals surface area contributed by atoms with Crippen LogP contribution < -0.4 is 10.6 Å². The lowest BCUT2D eigenvalue weighted by Gasteiger charge is -2.16. The number of azo groups is 2. The quantitative estimate of drug-likeness (QED) is 0.0537. The van der Waals surface area contributed by atoms with Crippen molar-refractivity contribution in [2.24, 2.45) is 20.5 Å². The number of nitrogens with one attached hydrogen (secondary N) is 2. The van der Waals surface area contributed by atoms with Crippen LogP contribution in [-0.4, -0.2) is 62.0 Å². The normalized spacial score (nSPS) is 12.5. The smallest absolute Gasteiger partial charge is 0.296 e. The fourth-order valence-corrected chi connectivity index (χ4v) is 6.93. The number of rotatable bonds is 12. The summed E-state index contributed by atoms with van der Waals surface area (Å²) in [6.07, 6.45) is 0. The Labute approximate surface area is 317 Å². The Balaban J connectivity index is 1.60. The summed E-state index contributed by atoms with van der Waals surface area (Å²) < 4.78 is 133. The van der Waals surface area contributed by atoms with E-state index in [2.05, 4.69) is 36.1 Å². The monoisotopic (exact) mass is 844 g/mol. The van der Waals surface area contributed by atoms with Crippen molar-refractivity contribution in [2.45, 2.75) is 26.5 Å². The number of phenolic OH excluding ortho intramolecular Hbond substituents is 1. The first-order valence-corrected chi connectivity index (χ1v) is 20.7. The molecule has 0 fully saturated rings. The van der Waals surface area contributed by atoms with Crippen LogP contribution in [0.25, 0.3) is 0 Å². The first kappa shape index (κ1) is 40.9. The van der Waals surface area contributed by atoms with E-state index in [4.69, 9.17) is 0 Å². The molecule has 0 bridgehead atoms. The first-order chi connectivity index (χ1) is 26.0. The highest BCUT2D eigenvalue weighted by molar-refractivity contribution is 7.86. The maximum atomic E-state index is 12.4. The number of phenols is 1. The molecule has 0 atom stereocenters. The van der Waals surface area contributed by atoms with E-state index >= 15 is 0 Å². The molecule has 25 heteroatoms. The summed E-state index contributed by atoms with van der Waals surface area (Å²) in [5, 5.41) is 40.9. The van der Waals surface area contributed by atoms with Crippen molar-refractivity contribution >= 4 is 86.2 Å². The highest BCUT2D eigenvalue weighted by Gasteiger charge is 2.22. The zero-order valence-corrected chi connectivity index (χ0v) is 31.2. The van der Waals surface area contributed by atoms with Crippen LogP contribution in [0.5, 0.6) is 5.75 Å². The topological polar surface area (TPSA) is 348 Å². The van der Waals surface area contributed by atoms with Gasteiger partial charge in [-0.25, -0.2) is 4.98 Å². The predicted octanol–water partition coefficient (Wildman–Crippen LogP) is 6.27. The van der Waals surface area contributed by atoms with Gasteiger partial charge in [0.25, 0.3) is 40.5 Å². The largest absolute Gasteiger partial charge is 0.508 e. The lowest BCUT2D eigenvalue weighted by atomic mass is 10.1. The van der Waals surface area contributed by atoms with Gasteiger partial charge in [0.1, 0.15) is 38.7 Å². The van der Waals surface area contributed by atoms with E-state index in [-0.39, 0.29) is 45.5 Å². The Kier molecular flexibility index (Phi) is 11.3. The molecule has 0 unspecified atom stereocenters. The maximum Gasteiger partial charge on any atom is 0.296 e. The average Bonchev–Trinajstić information content (AvgIpc) is 3.10. The Morgan fingerprint density at radius 1 is 0.589 bits per heavy atom. The van der Waals surface area contributed by atoms with Crippen molar-refractivity contribution in [1.82, 2.24) is 4.98 Å². The van der Waals surface area contributed by atoms with Crippen molar-refractivity contribution in [2.75, 3.05) is 10.6 Å². The summed E-state index contributed by atoms with van der Waals surface area (Å²) in [5.74, 6) is -0.788. The fraction of sp³-hybridized carbons (Fsp3) is 0.0323. The van der Waals surface area contributed by atoms with Gasteiger partial charge in [-0.05, 0) is 85.8 Å². The van der Waals surface area contributed by atoms with E-state index in [1.807, 2.05) is 6.07 Å². The van der Waals surface area contributed by atoms with Gasteiger partial charge < -0.3 is 15.7 Å². The van der Waals surface area contributed by atoms with Crippen LogP contribution in [0.4, 0.5) is 45.8 Å². The molecular weight excluding hydrogens is 821 g/mol. The molecular formula is C31H24N8O13S4. The van der Waals surface area contributed by atoms with Gasteiger partial charge in [0.15, 0.2) is 11.6 Å². The first-order valence-electron chi connectivity index (χ1n) is 14.9. The van der Waals surface area contributed by atoms with E-state index in [0.717, 1.165) is 54.6 Å². The zero-order chi connectivity index (χ0) is 41.2. The molecule has 5 aromatic rings. The number of hydrogen-bond acceptors (Lipinski definition) is 17. The predicted molar refractivity (Wildman–Crippen MR) is 195 cm³/mol. The molecule has 0 amide bonds. The number of hydrogen-bond donors (Lipinski definition) is 7. The fourth-order valence-electron chi connectivity index (χ4n) is 4.69. The Bertz CT molecular complexity index is 2940. The molecule has 0 spiro atoms. The van der Waals surface area contributed by atoms with Gasteiger partial charge in [0.2, 0.25) is 0 Å². The number of aromatic nitrogens is 1. The van der Waals surface area contributed by atoms with Gasteiger partial charge in [0.05, 0.1) is 21.0 Å². The number of nitriles is 1. The molecule has 290 valence electrons. The van der Waals surface area contributed by atoms with Crippen LogP contribution in [0.2, 0.25) is 0 Å². The Morgan fingerprint density at radius 2 is 1.05 bits per heavy atom. The van der Waals surface area contributed by atoms with Crippen molar-refractivity contribution in [3.05, 3.63) is 96.1 Å². The van der Waals surface area contributed by atoms with Crippen LogP contribution in [0.1, 0.15) is 11.1 Å². The number of aromatic hydroxyl groups is 1. The average molecular weight is 845 g/mol. The van der Waals surface area contributed by atoms with E-state index in [1.54, 1.807) is 0 Å². The van der Waals surface area contributed by atoms with Crippen molar-refractivity contribution in [1.29, 1.82) is 5.26 Å². The third-order valence-corrected chi connectivity index (χ3v) is 10.8. The SMILES string of the molecule is Cc1c(C#N)c(Nc2ccc(S(=O)(=O)O)cc2)nc(Nc2ccc(S(=O)(=O)O)cc2)c1/N=N/c1ccc(/N=N/c2ccc(O)cc2S(=O)(=O)O)cc1S(=O)(=O)O. The molecule has 5 rings (SSSR count). The molecule has 0 aliphatic carbocycles. The highest BCUT2D eigenvalue weighted by Crippen LogP contribution is 2.39. The van der Waals surface area contributed by atoms with Crippen LogP contribution in [0.3, 0.4) is 0 Å². The van der Waals surface area contributed by atoms with Crippen LogP contribution >= 0.6 is 0 Å². The van der Waals surface area contributed by atoms with Gasteiger partial charge in [-0.3, -0.25) is 18.2 Å². The van der Waals surface area contributed by atoms with Gasteiger partial charge in [-0.2, -0.15) is 44.0 Å². The van der Waals surface area contributed by atoms with Gasteiger partial charge in [-0.15, -0.1) is 15.3 Å². The molecule has 0 saturated carbocycles. The molecule has 0 saturated heterocycles. The number of nitrogens with zero attached hydrogens (tertiary/aromatic N) is 6. The molecule has 0 aliphatic rings. The minimum Gasteiger partial charge on any atom is -0.508 e. The summed E-state index contributed by atoms with van der Waals surface area (Å²) in [4.78, 5) is 1.90.